The van der Waals surface area contributed by atoms with Crippen LogP contribution in [0.15, 0.2) is 57.9 Å². The number of sulfonamides is 1. The van der Waals surface area contributed by atoms with E-state index in [0.717, 1.165) is 17.3 Å². The number of esters is 1. The number of anilines is 1. The smallest absolute Gasteiger partial charge is 0.338 e. The molecular formula is C20H21BrN2O5S. The molecule has 0 aliphatic heterocycles. The summed E-state index contributed by atoms with van der Waals surface area (Å²) in [5, 5.41) is 2.81. The molecule has 1 fully saturated rings. The van der Waals surface area contributed by atoms with Gasteiger partial charge in [-0.25, -0.2) is 13.2 Å². The first-order chi connectivity index (χ1) is 13.7. The number of hydrogen-bond donors (Lipinski definition) is 2. The first-order valence-electron chi connectivity index (χ1n) is 9.09. The molecule has 9 heteroatoms. The van der Waals surface area contributed by atoms with Crippen LogP contribution in [-0.4, -0.2) is 32.9 Å². The third kappa shape index (κ3) is 6.04. The maximum absolute atomic E-state index is 12.4. The van der Waals surface area contributed by atoms with Gasteiger partial charge < -0.3 is 10.1 Å². The summed E-state index contributed by atoms with van der Waals surface area (Å²) < 4.78 is 33.0. The minimum atomic E-state index is -3.74. The predicted molar refractivity (Wildman–Crippen MR) is 112 cm³/mol. The van der Waals surface area contributed by atoms with E-state index < -0.39 is 16.0 Å². The molecule has 1 unspecified atom stereocenters. The van der Waals surface area contributed by atoms with Gasteiger partial charge in [0.15, 0.2) is 6.61 Å². The molecule has 154 valence electrons. The summed E-state index contributed by atoms with van der Waals surface area (Å²) >= 11 is 3.26. The molecule has 2 N–H and O–H groups in total. The second kappa shape index (κ2) is 8.96. The quantitative estimate of drug-likeness (QED) is 0.564. The SMILES string of the molecule is CC(NC(=O)COC(=O)c1ccc(NS(=O)(=O)c2ccc(Br)cc2)cc1)C1CC1. The van der Waals surface area contributed by atoms with Crippen molar-refractivity contribution in [1.29, 1.82) is 0 Å². The van der Waals surface area contributed by atoms with Crippen LogP contribution in [-0.2, 0) is 19.6 Å². The number of halogens is 1. The fraction of sp³-hybridized carbons (Fsp3) is 0.300. The van der Waals surface area contributed by atoms with E-state index in [0.29, 0.717) is 11.6 Å². The van der Waals surface area contributed by atoms with Crippen LogP contribution in [0.3, 0.4) is 0 Å². The summed E-state index contributed by atoms with van der Waals surface area (Å²) in [6.07, 6.45) is 2.22. The van der Waals surface area contributed by atoms with Gasteiger partial charge in [-0.05, 0) is 74.2 Å². The van der Waals surface area contributed by atoms with Gasteiger partial charge in [0.25, 0.3) is 15.9 Å². The van der Waals surface area contributed by atoms with E-state index in [9.17, 15) is 18.0 Å². The van der Waals surface area contributed by atoms with Crippen molar-refractivity contribution in [2.75, 3.05) is 11.3 Å². The van der Waals surface area contributed by atoms with Crippen molar-refractivity contribution < 1.29 is 22.7 Å². The Labute approximate surface area is 178 Å². The molecule has 7 nitrogen and oxygen atoms in total. The Hall–Kier alpha value is -2.39. The van der Waals surface area contributed by atoms with Crippen molar-refractivity contribution in [1.82, 2.24) is 5.32 Å². The van der Waals surface area contributed by atoms with Gasteiger partial charge in [0.2, 0.25) is 0 Å². The largest absolute Gasteiger partial charge is 0.452 e. The van der Waals surface area contributed by atoms with Gasteiger partial charge in [-0.1, -0.05) is 15.9 Å². The molecule has 1 amide bonds. The Morgan fingerprint density at radius 2 is 1.72 bits per heavy atom. The summed E-state index contributed by atoms with van der Waals surface area (Å²) in [5.41, 5.74) is 0.528. The van der Waals surface area contributed by atoms with Crippen LogP contribution in [0.4, 0.5) is 5.69 Å². The number of amides is 1. The normalized spacial score (nSPS) is 14.7. The van der Waals surface area contributed by atoms with E-state index in [2.05, 4.69) is 26.0 Å². The molecule has 0 radical (unpaired) electrons. The average Bonchev–Trinajstić information content (AvgIpc) is 3.52. The molecule has 29 heavy (non-hydrogen) atoms. The molecule has 2 aromatic rings. The lowest BCUT2D eigenvalue weighted by atomic mass is 10.2. The number of nitrogens with one attached hydrogen (secondary N) is 2. The Kier molecular flexibility index (Phi) is 6.59. The predicted octanol–water partition coefficient (Wildman–Crippen LogP) is 3.32. The Balaban J connectivity index is 1.54. The summed E-state index contributed by atoms with van der Waals surface area (Å²) in [6, 6.07) is 12.1. The van der Waals surface area contributed by atoms with Crippen molar-refractivity contribution in [3.05, 3.63) is 58.6 Å². The standard InChI is InChI=1S/C20H21BrN2O5S/c1-13(14-2-3-14)22-19(24)12-28-20(25)15-4-8-17(9-5-15)23-29(26,27)18-10-6-16(21)7-11-18/h4-11,13-14,23H,2-3,12H2,1H3,(H,22,24). The van der Waals surface area contributed by atoms with Gasteiger partial charge in [0, 0.05) is 16.2 Å². The van der Waals surface area contributed by atoms with Crippen LogP contribution < -0.4 is 10.0 Å². The highest BCUT2D eigenvalue weighted by molar-refractivity contribution is 9.10. The molecule has 0 aromatic heterocycles. The van der Waals surface area contributed by atoms with Crippen LogP contribution in [0.2, 0.25) is 0 Å². The molecule has 1 saturated carbocycles. The van der Waals surface area contributed by atoms with E-state index in [1.807, 2.05) is 6.92 Å². The number of carbonyl (C=O) groups is 2. The van der Waals surface area contributed by atoms with E-state index in [4.69, 9.17) is 4.74 Å². The Morgan fingerprint density at radius 3 is 2.31 bits per heavy atom. The lowest BCUT2D eigenvalue weighted by Crippen LogP contribution is -2.37. The van der Waals surface area contributed by atoms with Gasteiger partial charge in [-0.3, -0.25) is 9.52 Å². The van der Waals surface area contributed by atoms with Gasteiger partial charge in [0.1, 0.15) is 0 Å². The minimum Gasteiger partial charge on any atom is -0.452 e. The maximum Gasteiger partial charge on any atom is 0.338 e. The van der Waals surface area contributed by atoms with E-state index in [1.165, 1.54) is 36.4 Å². The fourth-order valence-corrected chi connectivity index (χ4v) is 4.05. The van der Waals surface area contributed by atoms with Crippen LogP contribution in [0.5, 0.6) is 0 Å². The Bertz CT molecular complexity index is 987. The molecule has 0 saturated heterocycles. The number of hydrogen-bond acceptors (Lipinski definition) is 5. The van der Waals surface area contributed by atoms with Crippen molar-refractivity contribution in [3.63, 3.8) is 0 Å². The summed E-state index contributed by atoms with van der Waals surface area (Å²) in [7, 11) is -3.74. The van der Waals surface area contributed by atoms with Gasteiger partial charge in [0.05, 0.1) is 10.5 Å². The molecule has 3 rings (SSSR count). The van der Waals surface area contributed by atoms with Crippen LogP contribution in [0, 0.1) is 5.92 Å². The van der Waals surface area contributed by atoms with Crippen molar-refractivity contribution in [2.45, 2.75) is 30.7 Å². The van der Waals surface area contributed by atoms with E-state index in [-0.39, 0.29) is 29.0 Å². The zero-order valence-electron chi connectivity index (χ0n) is 15.7. The second-order valence-electron chi connectivity index (χ2n) is 6.91. The van der Waals surface area contributed by atoms with E-state index >= 15 is 0 Å². The molecule has 0 bridgehead atoms. The number of benzene rings is 2. The first kappa shape index (κ1) is 21.3. The number of ether oxygens (including phenoxy) is 1. The maximum atomic E-state index is 12.4. The highest BCUT2D eigenvalue weighted by Gasteiger charge is 2.29. The van der Waals surface area contributed by atoms with Gasteiger partial charge in [-0.15, -0.1) is 0 Å². The summed E-state index contributed by atoms with van der Waals surface area (Å²) in [6.45, 7) is 1.58. The fourth-order valence-electron chi connectivity index (χ4n) is 2.73. The lowest BCUT2D eigenvalue weighted by Gasteiger charge is -2.13. The summed E-state index contributed by atoms with van der Waals surface area (Å²) in [5.74, 6) is -0.471. The third-order valence-electron chi connectivity index (χ3n) is 4.55. The van der Waals surface area contributed by atoms with Crippen LogP contribution in [0.25, 0.3) is 0 Å². The van der Waals surface area contributed by atoms with Gasteiger partial charge in [-0.2, -0.15) is 0 Å². The van der Waals surface area contributed by atoms with Gasteiger partial charge >= 0.3 is 5.97 Å². The molecule has 1 aliphatic carbocycles. The molecule has 1 aliphatic rings. The number of rotatable bonds is 8. The molecule has 1 atom stereocenters. The number of carbonyl (C=O) groups excluding carboxylic acids is 2. The van der Waals surface area contributed by atoms with Crippen LogP contribution in [0.1, 0.15) is 30.1 Å². The van der Waals surface area contributed by atoms with Crippen molar-refractivity contribution in [3.8, 4) is 0 Å². The third-order valence-corrected chi connectivity index (χ3v) is 6.47. The monoisotopic (exact) mass is 480 g/mol. The first-order valence-corrected chi connectivity index (χ1v) is 11.4. The zero-order chi connectivity index (χ0) is 21.0. The minimum absolute atomic E-state index is 0.0826. The van der Waals surface area contributed by atoms with Crippen molar-refractivity contribution >= 4 is 43.5 Å². The van der Waals surface area contributed by atoms with E-state index in [1.54, 1.807) is 12.1 Å². The lowest BCUT2D eigenvalue weighted by molar-refractivity contribution is -0.124. The highest BCUT2D eigenvalue weighted by atomic mass is 79.9. The van der Waals surface area contributed by atoms with Crippen molar-refractivity contribution in [2.24, 2.45) is 5.92 Å². The molecule has 2 aromatic carbocycles. The highest BCUT2D eigenvalue weighted by Crippen LogP contribution is 2.32. The summed E-state index contributed by atoms with van der Waals surface area (Å²) in [4.78, 5) is 24.0. The van der Waals surface area contributed by atoms with Crippen LogP contribution >= 0.6 is 15.9 Å². The molecule has 0 heterocycles. The topological polar surface area (TPSA) is 102 Å². The molecule has 0 spiro atoms. The second-order valence-corrected chi connectivity index (χ2v) is 9.50. The Morgan fingerprint density at radius 1 is 1.10 bits per heavy atom. The zero-order valence-corrected chi connectivity index (χ0v) is 18.1. The molecular weight excluding hydrogens is 460 g/mol. The average molecular weight is 481 g/mol.